The van der Waals surface area contributed by atoms with Crippen molar-refractivity contribution in [2.24, 2.45) is 0 Å². The van der Waals surface area contributed by atoms with Crippen molar-refractivity contribution >= 4 is 0 Å². The number of nitrogens with one attached hydrogen (secondary N) is 1. The summed E-state index contributed by atoms with van der Waals surface area (Å²) in [7, 11) is 0. The van der Waals surface area contributed by atoms with Gasteiger partial charge in [-0.15, -0.1) is 0 Å². The normalized spacial score (nSPS) is 10.4. The molecule has 3 rings (SSSR count). The minimum atomic E-state index is 0.956. The Balaban J connectivity index is 1.99. The van der Waals surface area contributed by atoms with Gasteiger partial charge in [0.2, 0.25) is 0 Å². The van der Waals surface area contributed by atoms with Crippen LogP contribution in [0.3, 0.4) is 0 Å². The Kier molecular flexibility index (Phi) is 2.43. The van der Waals surface area contributed by atoms with Gasteiger partial charge in [-0.05, 0) is 18.2 Å². The molecule has 1 aromatic carbocycles. The van der Waals surface area contributed by atoms with Crippen LogP contribution in [0.1, 0.15) is 0 Å². The molecule has 0 fully saturated rings. The molecule has 0 saturated carbocycles. The molecule has 2 heterocycles. The van der Waals surface area contributed by atoms with Gasteiger partial charge in [0.25, 0.3) is 0 Å². The van der Waals surface area contributed by atoms with Gasteiger partial charge in [-0.25, -0.2) is 0 Å². The molecule has 0 unspecified atom stereocenters. The lowest BCUT2D eigenvalue weighted by Gasteiger charge is -1.94. The predicted octanol–water partition coefficient (Wildman–Crippen LogP) is 3.14. The number of hydrogen-bond donors (Lipinski definition) is 1. The molecule has 0 aliphatic heterocycles. The number of rotatable bonds is 2. The third-order valence-corrected chi connectivity index (χ3v) is 2.64. The zero-order chi connectivity index (χ0) is 11.5. The second-order valence-electron chi connectivity index (χ2n) is 3.77. The van der Waals surface area contributed by atoms with Crippen LogP contribution in [0.25, 0.3) is 22.5 Å². The first-order valence-corrected chi connectivity index (χ1v) is 5.45. The monoisotopic (exact) mass is 221 g/mol. The first-order valence-electron chi connectivity index (χ1n) is 5.45. The highest BCUT2D eigenvalue weighted by atomic mass is 15.1. The van der Waals surface area contributed by atoms with Crippen molar-refractivity contribution in [3.8, 4) is 22.5 Å². The van der Waals surface area contributed by atoms with Gasteiger partial charge in [-0.2, -0.15) is 5.10 Å². The molecule has 82 valence electrons. The molecule has 0 spiro atoms. The molecule has 0 saturated heterocycles. The van der Waals surface area contributed by atoms with Crippen molar-refractivity contribution in [3.63, 3.8) is 0 Å². The van der Waals surface area contributed by atoms with E-state index in [1.165, 1.54) is 0 Å². The summed E-state index contributed by atoms with van der Waals surface area (Å²) in [5.74, 6) is 0. The van der Waals surface area contributed by atoms with Crippen LogP contribution in [-0.4, -0.2) is 15.2 Å². The molecule has 0 bridgehead atoms. The molecule has 3 nitrogen and oxygen atoms in total. The minimum absolute atomic E-state index is 0.956. The van der Waals surface area contributed by atoms with Crippen LogP contribution in [-0.2, 0) is 0 Å². The van der Waals surface area contributed by atoms with Gasteiger partial charge < -0.3 is 0 Å². The fourth-order valence-corrected chi connectivity index (χ4v) is 1.76. The van der Waals surface area contributed by atoms with Crippen molar-refractivity contribution in [2.45, 2.75) is 0 Å². The second kappa shape index (κ2) is 4.22. The van der Waals surface area contributed by atoms with Gasteiger partial charge in [0.1, 0.15) is 0 Å². The van der Waals surface area contributed by atoms with Crippen LogP contribution < -0.4 is 0 Å². The van der Waals surface area contributed by atoms with Crippen LogP contribution in [0, 0.1) is 0 Å². The van der Waals surface area contributed by atoms with E-state index in [1.54, 1.807) is 12.4 Å². The van der Waals surface area contributed by atoms with E-state index in [-0.39, 0.29) is 0 Å². The lowest BCUT2D eigenvalue weighted by atomic mass is 10.1. The molecule has 2 aromatic heterocycles. The molecular weight excluding hydrogens is 210 g/mol. The van der Waals surface area contributed by atoms with Gasteiger partial charge in [0.05, 0.1) is 11.4 Å². The van der Waals surface area contributed by atoms with Crippen LogP contribution in [0.4, 0.5) is 0 Å². The third-order valence-electron chi connectivity index (χ3n) is 2.64. The third kappa shape index (κ3) is 1.95. The number of hydrogen-bond acceptors (Lipinski definition) is 2. The van der Waals surface area contributed by atoms with Crippen molar-refractivity contribution in [1.29, 1.82) is 0 Å². The fourth-order valence-electron chi connectivity index (χ4n) is 1.76. The Morgan fingerprint density at radius 2 is 1.59 bits per heavy atom. The van der Waals surface area contributed by atoms with E-state index in [1.807, 2.05) is 48.5 Å². The van der Waals surface area contributed by atoms with Crippen LogP contribution in [0.5, 0.6) is 0 Å². The summed E-state index contributed by atoms with van der Waals surface area (Å²) in [5.41, 5.74) is 4.17. The van der Waals surface area contributed by atoms with E-state index in [4.69, 9.17) is 0 Å². The van der Waals surface area contributed by atoms with E-state index in [0.29, 0.717) is 0 Å². The second-order valence-corrected chi connectivity index (χ2v) is 3.77. The summed E-state index contributed by atoms with van der Waals surface area (Å²) in [6.07, 6.45) is 3.55. The van der Waals surface area contributed by atoms with Crippen molar-refractivity contribution in [2.75, 3.05) is 0 Å². The Labute approximate surface area is 99.2 Å². The molecular formula is C14H11N3. The van der Waals surface area contributed by atoms with Crippen LogP contribution in [0.2, 0.25) is 0 Å². The molecule has 17 heavy (non-hydrogen) atoms. The molecule has 0 radical (unpaired) electrons. The zero-order valence-electron chi connectivity index (χ0n) is 9.17. The lowest BCUT2D eigenvalue weighted by Crippen LogP contribution is -1.77. The quantitative estimate of drug-likeness (QED) is 0.722. The van der Waals surface area contributed by atoms with E-state index in [2.05, 4.69) is 15.2 Å². The van der Waals surface area contributed by atoms with Crippen molar-refractivity contribution < 1.29 is 0 Å². The minimum Gasteiger partial charge on any atom is -0.277 e. The molecule has 3 aromatic rings. The number of nitrogens with zero attached hydrogens (tertiary/aromatic N) is 2. The maximum atomic E-state index is 4.32. The van der Waals surface area contributed by atoms with E-state index >= 15 is 0 Å². The number of aromatic amines is 1. The van der Waals surface area contributed by atoms with E-state index in [0.717, 1.165) is 22.5 Å². The molecule has 0 aliphatic carbocycles. The predicted molar refractivity (Wildman–Crippen MR) is 67.3 cm³/mol. The number of aromatic nitrogens is 3. The number of H-pyrrole nitrogens is 1. The van der Waals surface area contributed by atoms with E-state index < -0.39 is 0 Å². The van der Waals surface area contributed by atoms with Gasteiger partial charge in [-0.3, -0.25) is 10.1 Å². The first-order chi connectivity index (χ1) is 8.43. The SMILES string of the molecule is c1ccc(-c2cc(-c3ccncc3)[nH]n2)cc1. The molecule has 0 aliphatic rings. The zero-order valence-corrected chi connectivity index (χ0v) is 9.17. The average molecular weight is 221 g/mol. The summed E-state index contributed by atoms with van der Waals surface area (Å²) in [6.45, 7) is 0. The van der Waals surface area contributed by atoms with Crippen molar-refractivity contribution in [1.82, 2.24) is 15.2 Å². The Morgan fingerprint density at radius 1 is 0.824 bits per heavy atom. The highest BCUT2D eigenvalue weighted by molar-refractivity contribution is 5.67. The van der Waals surface area contributed by atoms with Gasteiger partial charge in [0, 0.05) is 23.5 Å². The Morgan fingerprint density at radius 3 is 2.35 bits per heavy atom. The summed E-state index contributed by atoms with van der Waals surface area (Å²) >= 11 is 0. The average Bonchev–Trinajstić information content (AvgIpc) is 2.90. The van der Waals surface area contributed by atoms with Gasteiger partial charge in [-0.1, -0.05) is 30.3 Å². The Hall–Kier alpha value is -2.42. The molecule has 3 heteroatoms. The highest BCUT2D eigenvalue weighted by Crippen LogP contribution is 2.22. The highest BCUT2D eigenvalue weighted by Gasteiger charge is 2.04. The Bertz CT molecular complexity index is 546. The summed E-state index contributed by atoms with van der Waals surface area (Å²) < 4.78 is 0. The first kappa shape index (κ1) is 9.78. The maximum Gasteiger partial charge on any atom is 0.0927 e. The maximum absolute atomic E-state index is 4.32. The standard InChI is InChI=1S/C14H11N3/c1-2-4-11(5-3-1)13-10-14(17-16-13)12-6-8-15-9-7-12/h1-10H,(H,16,17). The number of pyridine rings is 1. The van der Waals surface area contributed by atoms with Crippen molar-refractivity contribution in [3.05, 3.63) is 60.9 Å². The summed E-state index contributed by atoms with van der Waals surface area (Å²) in [4.78, 5) is 4.00. The molecule has 0 amide bonds. The van der Waals surface area contributed by atoms with Gasteiger partial charge in [0.15, 0.2) is 0 Å². The topological polar surface area (TPSA) is 41.6 Å². The summed E-state index contributed by atoms with van der Waals surface area (Å²) in [6, 6.07) is 16.1. The van der Waals surface area contributed by atoms with Crippen LogP contribution >= 0.6 is 0 Å². The number of benzene rings is 1. The summed E-state index contributed by atoms with van der Waals surface area (Å²) in [5, 5.41) is 7.36. The fraction of sp³-hybridized carbons (Fsp3) is 0. The lowest BCUT2D eigenvalue weighted by molar-refractivity contribution is 1.10. The van der Waals surface area contributed by atoms with E-state index in [9.17, 15) is 0 Å². The largest absolute Gasteiger partial charge is 0.277 e. The smallest absolute Gasteiger partial charge is 0.0927 e. The van der Waals surface area contributed by atoms with Gasteiger partial charge >= 0.3 is 0 Å². The molecule has 0 atom stereocenters. The van der Waals surface area contributed by atoms with Crippen LogP contribution in [0.15, 0.2) is 60.9 Å². The molecule has 1 N–H and O–H groups in total.